The van der Waals surface area contributed by atoms with Gasteiger partial charge >= 0.3 is 0 Å². The summed E-state index contributed by atoms with van der Waals surface area (Å²) in [5, 5.41) is 0. The Bertz CT molecular complexity index is 893. The smallest absolute Gasteiger partial charge is 0.253 e. The lowest BCUT2D eigenvalue weighted by Gasteiger charge is -2.26. The van der Waals surface area contributed by atoms with Crippen molar-refractivity contribution in [3.63, 3.8) is 0 Å². The molecule has 1 amide bonds. The maximum absolute atomic E-state index is 13.7. The van der Waals surface area contributed by atoms with Crippen molar-refractivity contribution < 1.29 is 17.6 Å². The zero-order valence-corrected chi connectivity index (χ0v) is 15.1. The fourth-order valence-corrected chi connectivity index (χ4v) is 4.03. The molecule has 3 rings (SSSR count). The molecule has 0 aliphatic carbocycles. The molecule has 2 aromatic carbocycles. The topological polar surface area (TPSA) is 66.5 Å². The molecule has 7 heteroatoms. The minimum absolute atomic E-state index is 0.00306. The van der Waals surface area contributed by atoms with E-state index >= 15 is 0 Å². The number of amides is 1. The molecule has 2 aromatic rings. The number of nitrogens with one attached hydrogen (secondary N) is 1. The van der Waals surface area contributed by atoms with E-state index in [0.29, 0.717) is 18.7 Å². The quantitative estimate of drug-likeness (QED) is 0.873. The molecule has 0 atom stereocenters. The molecule has 138 valence electrons. The lowest BCUT2D eigenvalue weighted by molar-refractivity contribution is 0.0724. The van der Waals surface area contributed by atoms with E-state index in [4.69, 9.17) is 0 Å². The van der Waals surface area contributed by atoms with Crippen LogP contribution in [0.15, 0.2) is 53.4 Å². The summed E-state index contributed by atoms with van der Waals surface area (Å²) in [7, 11) is -3.85. The molecule has 1 N–H and O–H groups in total. The first kappa shape index (κ1) is 18.5. The van der Waals surface area contributed by atoms with Crippen LogP contribution in [0.25, 0.3) is 0 Å². The van der Waals surface area contributed by atoms with Crippen LogP contribution < -0.4 is 4.72 Å². The number of halogens is 1. The monoisotopic (exact) mass is 376 g/mol. The summed E-state index contributed by atoms with van der Waals surface area (Å²) in [6.07, 6.45) is 3.04. The lowest BCUT2D eigenvalue weighted by atomic mass is 10.1. The van der Waals surface area contributed by atoms with Gasteiger partial charge in [-0.3, -0.25) is 4.79 Å². The lowest BCUT2D eigenvalue weighted by Crippen LogP contribution is -2.35. The number of carbonyl (C=O) groups excluding carboxylic acids is 1. The van der Waals surface area contributed by atoms with E-state index in [1.165, 1.54) is 24.3 Å². The molecular formula is C19H21FN2O3S. The Morgan fingerprint density at radius 3 is 2.50 bits per heavy atom. The molecule has 0 bridgehead atoms. The normalized spacial score (nSPS) is 15.0. The minimum atomic E-state index is -3.85. The molecule has 0 unspecified atom stereocenters. The third-order valence-electron chi connectivity index (χ3n) is 4.45. The Balaban J connectivity index is 1.75. The van der Waals surface area contributed by atoms with Crippen LogP contribution in [-0.4, -0.2) is 32.3 Å². The summed E-state index contributed by atoms with van der Waals surface area (Å²) >= 11 is 0. The van der Waals surface area contributed by atoms with Crippen LogP contribution in [0.2, 0.25) is 0 Å². The van der Waals surface area contributed by atoms with Crippen LogP contribution in [0.3, 0.4) is 0 Å². The Morgan fingerprint density at radius 1 is 1.04 bits per heavy atom. The Labute approximate surface area is 152 Å². The standard InChI is InChI=1S/C19H21FN2O3S/c20-18-10-3-2-7-16(18)14-21-26(24,25)17-9-6-8-15(13-17)19(23)22-11-4-1-5-12-22/h2-3,6-10,13,21H,1,4-5,11-12,14H2. The minimum Gasteiger partial charge on any atom is -0.339 e. The highest BCUT2D eigenvalue weighted by Gasteiger charge is 2.21. The number of carbonyl (C=O) groups is 1. The molecule has 1 aliphatic rings. The number of rotatable bonds is 5. The number of hydrogen-bond donors (Lipinski definition) is 1. The van der Waals surface area contributed by atoms with Gasteiger partial charge < -0.3 is 4.90 Å². The third kappa shape index (κ3) is 4.28. The van der Waals surface area contributed by atoms with Crippen LogP contribution in [0, 0.1) is 5.82 Å². The SMILES string of the molecule is O=C(c1cccc(S(=O)(=O)NCc2ccccc2F)c1)N1CCCCC1. The van der Waals surface area contributed by atoms with Gasteiger partial charge in [-0.1, -0.05) is 24.3 Å². The van der Waals surface area contributed by atoms with Gasteiger partial charge in [0.25, 0.3) is 5.91 Å². The molecule has 1 fully saturated rings. The molecule has 0 radical (unpaired) electrons. The molecule has 1 aliphatic heterocycles. The average molecular weight is 376 g/mol. The molecule has 1 saturated heterocycles. The van der Waals surface area contributed by atoms with Gasteiger partial charge in [-0.25, -0.2) is 17.5 Å². The Kier molecular flexibility index (Phi) is 5.68. The van der Waals surface area contributed by atoms with Gasteiger partial charge in [0.05, 0.1) is 4.90 Å². The number of likely N-dealkylation sites (tertiary alicyclic amines) is 1. The van der Waals surface area contributed by atoms with Crippen LogP contribution in [0.5, 0.6) is 0 Å². The molecule has 26 heavy (non-hydrogen) atoms. The van der Waals surface area contributed by atoms with Gasteiger partial charge in [-0.2, -0.15) is 0 Å². The molecule has 0 saturated carbocycles. The second-order valence-corrected chi connectivity index (χ2v) is 8.06. The van der Waals surface area contributed by atoms with Crippen molar-refractivity contribution in [3.8, 4) is 0 Å². The second-order valence-electron chi connectivity index (χ2n) is 6.30. The van der Waals surface area contributed by atoms with Crippen molar-refractivity contribution in [2.45, 2.75) is 30.7 Å². The predicted octanol–water partition coefficient (Wildman–Crippen LogP) is 2.93. The van der Waals surface area contributed by atoms with Crippen molar-refractivity contribution in [3.05, 3.63) is 65.5 Å². The van der Waals surface area contributed by atoms with Gasteiger partial charge in [-0.05, 0) is 43.5 Å². The van der Waals surface area contributed by atoms with E-state index < -0.39 is 15.8 Å². The average Bonchev–Trinajstić information content (AvgIpc) is 2.67. The molecule has 1 heterocycles. The zero-order chi connectivity index (χ0) is 18.6. The van der Waals surface area contributed by atoms with E-state index in [9.17, 15) is 17.6 Å². The van der Waals surface area contributed by atoms with Gasteiger partial charge in [0.15, 0.2) is 0 Å². The summed E-state index contributed by atoms with van der Waals surface area (Å²) in [5.74, 6) is -0.625. The highest BCUT2D eigenvalue weighted by atomic mass is 32.2. The number of benzene rings is 2. The number of piperidine rings is 1. The van der Waals surface area contributed by atoms with Crippen molar-refractivity contribution in [2.24, 2.45) is 0 Å². The number of nitrogens with zero attached hydrogens (tertiary/aromatic N) is 1. The fourth-order valence-electron chi connectivity index (χ4n) is 2.97. The molecular weight excluding hydrogens is 355 g/mol. The largest absolute Gasteiger partial charge is 0.339 e. The third-order valence-corrected chi connectivity index (χ3v) is 5.84. The van der Waals surface area contributed by atoms with Gasteiger partial charge in [0.2, 0.25) is 10.0 Å². The maximum atomic E-state index is 13.7. The Hall–Kier alpha value is -2.25. The second kappa shape index (κ2) is 7.97. The highest BCUT2D eigenvalue weighted by molar-refractivity contribution is 7.89. The number of hydrogen-bond acceptors (Lipinski definition) is 3. The molecule has 0 aromatic heterocycles. The molecule has 0 spiro atoms. The first-order valence-corrected chi connectivity index (χ1v) is 10.1. The first-order chi connectivity index (χ1) is 12.5. The van der Waals surface area contributed by atoms with E-state index in [0.717, 1.165) is 19.3 Å². The van der Waals surface area contributed by atoms with Crippen molar-refractivity contribution in [1.82, 2.24) is 9.62 Å². The first-order valence-electron chi connectivity index (χ1n) is 8.60. The van der Waals surface area contributed by atoms with E-state index in [2.05, 4.69) is 4.72 Å². The van der Waals surface area contributed by atoms with Gasteiger partial charge in [-0.15, -0.1) is 0 Å². The maximum Gasteiger partial charge on any atom is 0.253 e. The summed E-state index contributed by atoms with van der Waals surface area (Å²) < 4.78 is 41.1. The summed E-state index contributed by atoms with van der Waals surface area (Å²) in [5.41, 5.74) is 0.609. The van der Waals surface area contributed by atoms with Crippen LogP contribution >= 0.6 is 0 Å². The predicted molar refractivity (Wildman–Crippen MR) is 96.6 cm³/mol. The van der Waals surface area contributed by atoms with Crippen molar-refractivity contribution in [1.29, 1.82) is 0 Å². The van der Waals surface area contributed by atoms with Gasteiger partial charge in [0, 0.05) is 30.8 Å². The van der Waals surface area contributed by atoms with Crippen LogP contribution in [0.4, 0.5) is 4.39 Å². The Morgan fingerprint density at radius 2 is 1.77 bits per heavy atom. The summed E-state index contributed by atoms with van der Waals surface area (Å²) in [6, 6.07) is 12.0. The highest BCUT2D eigenvalue weighted by Crippen LogP contribution is 2.17. The van der Waals surface area contributed by atoms with Crippen LogP contribution in [0.1, 0.15) is 35.2 Å². The van der Waals surface area contributed by atoms with Crippen molar-refractivity contribution >= 4 is 15.9 Å². The summed E-state index contributed by atoms with van der Waals surface area (Å²) in [4.78, 5) is 14.3. The van der Waals surface area contributed by atoms with E-state index in [1.807, 2.05) is 0 Å². The van der Waals surface area contributed by atoms with Crippen molar-refractivity contribution in [2.75, 3.05) is 13.1 Å². The van der Waals surface area contributed by atoms with E-state index in [1.54, 1.807) is 29.2 Å². The fraction of sp³-hybridized carbons (Fsp3) is 0.316. The summed E-state index contributed by atoms with van der Waals surface area (Å²) in [6.45, 7) is 1.24. The number of sulfonamides is 1. The van der Waals surface area contributed by atoms with Crippen LogP contribution in [-0.2, 0) is 16.6 Å². The zero-order valence-electron chi connectivity index (χ0n) is 14.3. The van der Waals surface area contributed by atoms with Gasteiger partial charge in [0.1, 0.15) is 5.82 Å². The van der Waals surface area contributed by atoms with E-state index in [-0.39, 0.29) is 22.9 Å². The molecule has 5 nitrogen and oxygen atoms in total.